The quantitative estimate of drug-likeness (QED) is 0.932. The number of benzene rings is 1. The lowest BCUT2D eigenvalue weighted by Crippen LogP contribution is -2.48. The first-order valence-corrected chi connectivity index (χ1v) is 8.08. The number of halogens is 1. The maximum Gasteiger partial charge on any atom is 0.242 e. The van der Waals surface area contributed by atoms with Crippen molar-refractivity contribution in [2.45, 2.75) is 49.5 Å². The zero-order valence-corrected chi connectivity index (χ0v) is 12.1. The van der Waals surface area contributed by atoms with Gasteiger partial charge in [0.15, 0.2) is 0 Å². The molecule has 0 spiro atoms. The van der Waals surface area contributed by atoms with E-state index < -0.39 is 21.4 Å². The van der Waals surface area contributed by atoms with E-state index in [0.717, 1.165) is 25.3 Å². The number of hydrogen-bond acceptors (Lipinski definition) is 3. The Morgan fingerprint density at radius 1 is 1.30 bits per heavy atom. The summed E-state index contributed by atoms with van der Waals surface area (Å²) in [4.78, 5) is -0.0994. The predicted octanol–water partition coefficient (Wildman–Crippen LogP) is 2.64. The molecule has 6 heteroatoms. The van der Waals surface area contributed by atoms with Crippen LogP contribution in [0, 0.1) is 24.1 Å². The SMILES string of the molecule is Cc1ccc(F)cc1S(=O)(=O)NC1(C#N)CCCCC1. The predicted molar refractivity (Wildman–Crippen MR) is 72.9 cm³/mol. The zero-order chi connectivity index (χ0) is 14.8. The Balaban J connectivity index is 2.36. The van der Waals surface area contributed by atoms with Gasteiger partial charge in [0.25, 0.3) is 0 Å². The summed E-state index contributed by atoms with van der Waals surface area (Å²) in [6.45, 7) is 1.61. The molecule has 0 saturated heterocycles. The molecule has 1 aromatic rings. The summed E-state index contributed by atoms with van der Waals surface area (Å²) >= 11 is 0. The van der Waals surface area contributed by atoms with E-state index >= 15 is 0 Å². The Morgan fingerprint density at radius 3 is 2.55 bits per heavy atom. The van der Waals surface area contributed by atoms with Gasteiger partial charge in [0.05, 0.1) is 11.0 Å². The smallest absolute Gasteiger partial charge is 0.207 e. The lowest BCUT2D eigenvalue weighted by Gasteiger charge is -2.31. The lowest BCUT2D eigenvalue weighted by atomic mass is 9.84. The molecule has 0 heterocycles. The highest BCUT2D eigenvalue weighted by Gasteiger charge is 2.37. The van der Waals surface area contributed by atoms with Gasteiger partial charge in [0.2, 0.25) is 10.0 Å². The number of sulfonamides is 1. The molecule has 108 valence electrons. The minimum atomic E-state index is -3.90. The Bertz CT molecular complexity index is 644. The Kier molecular flexibility index (Phi) is 4.11. The second kappa shape index (κ2) is 5.51. The molecule has 0 radical (unpaired) electrons. The van der Waals surface area contributed by atoms with Gasteiger partial charge in [-0.2, -0.15) is 9.98 Å². The first-order valence-electron chi connectivity index (χ1n) is 6.60. The molecule has 1 aliphatic carbocycles. The third kappa shape index (κ3) is 3.00. The Hall–Kier alpha value is -1.45. The van der Waals surface area contributed by atoms with Gasteiger partial charge in [0, 0.05) is 0 Å². The fraction of sp³-hybridized carbons (Fsp3) is 0.500. The van der Waals surface area contributed by atoms with E-state index in [4.69, 9.17) is 0 Å². The summed E-state index contributed by atoms with van der Waals surface area (Å²) in [5.41, 5.74) is -0.599. The van der Waals surface area contributed by atoms with Crippen LogP contribution in [0.15, 0.2) is 23.1 Å². The molecule has 1 N–H and O–H groups in total. The molecule has 0 unspecified atom stereocenters. The molecule has 4 nitrogen and oxygen atoms in total. The van der Waals surface area contributed by atoms with Crippen molar-refractivity contribution in [2.24, 2.45) is 0 Å². The van der Waals surface area contributed by atoms with Crippen molar-refractivity contribution < 1.29 is 12.8 Å². The minimum Gasteiger partial charge on any atom is -0.207 e. The number of nitrogens with zero attached hydrogens (tertiary/aromatic N) is 1. The Labute approximate surface area is 118 Å². The first kappa shape index (κ1) is 14.9. The molecule has 0 atom stereocenters. The van der Waals surface area contributed by atoms with Crippen LogP contribution in [0.2, 0.25) is 0 Å². The molecule has 0 amide bonds. The van der Waals surface area contributed by atoms with Gasteiger partial charge in [-0.3, -0.25) is 0 Å². The van der Waals surface area contributed by atoms with Crippen molar-refractivity contribution in [2.75, 3.05) is 0 Å². The minimum absolute atomic E-state index is 0.0994. The number of rotatable bonds is 3. The number of hydrogen-bond donors (Lipinski definition) is 1. The number of nitriles is 1. The van der Waals surface area contributed by atoms with Crippen LogP contribution in [0.3, 0.4) is 0 Å². The highest BCUT2D eigenvalue weighted by molar-refractivity contribution is 7.89. The second-order valence-corrected chi connectivity index (χ2v) is 6.92. The standard InChI is InChI=1S/C14H17FN2O2S/c1-11-5-6-12(15)9-13(11)20(18,19)17-14(10-16)7-3-2-4-8-14/h5-6,9,17H,2-4,7-8H2,1H3. The monoisotopic (exact) mass is 296 g/mol. The van der Waals surface area contributed by atoms with Crippen LogP contribution in [0.1, 0.15) is 37.7 Å². The molecule has 0 aromatic heterocycles. The topological polar surface area (TPSA) is 70.0 Å². The van der Waals surface area contributed by atoms with Crippen molar-refractivity contribution in [3.05, 3.63) is 29.6 Å². The van der Waals surface area contributed by atoms with Crippen molar-refractivity contribution in [3.8, 4) is 6.07 Å². The van der Waals surface area contributed by atoms with Crippen LogP contribution in [0.4, 0.5) is 4.39 Å². The van der Waals surface area contributed by atoms with Gasteiger partial charge in [-0.25, -0.2) is 12.8 Å². The normalized spacial score (nSPS) is 18.4. The van der Waals surface area contributed by atoms with Gasteiger partial charge >= 0.3 is 0 Å². The van der Waals surface area contributed by atoms with E-state index in [1.165, 1.54) is 12.1 Å². The van der Waals surface area contributed by atoms with Crippen LogP contribution >= 0.6 is 0 Å². The molecule has 0 bridgehead atoms. The van der Waals surface area contributed by atoms with Crippen LogP contribution in [0.25, 0.3) is 0 Å². The fourth-order valence-corrected chi connectivity index (χ4v) is 4.20. The van der Waals surface area contributed by atoms with Gasteiger partial charge in [0.1, 0.15) is 11.4 Å². The van der Waals surface area contributed by atoms with E-state index in [2.05, 4.69) is 10.8 Å². The van der Waals surface area contributed by atoms with Crippen LogP contribution in [0.5, 0.6) is 0 Å². The molecule has 1 saturated carbocycles. The molecule has 2 rings (SSSR count). The van der Waals surface area contributed by atoms with Crippen molar-refractivity contribution in [3.63, 3.8) is 0 Å². The second-order valence-electron chi connectivity index (χ2n) is 5.27. The third-order valence-corrected chi connectivity index (χ3v) is 5.37. The summed E-state index contributed by atoms with van der Waals surface area (Å²) in [6, 6.07) is 5.72. The summed E-state index contributed by atoms with van der Waals surface area (Å²) in [6.07, 6.45) is 3.63. The van der Waals surface area contributed by atoms with Crippen molar-refractivity contribution in [1.82, 2.24) is 4.72 Å². The summed E-state index contributed by atoms with van der Waals surface area (Å²) in [5, 5.41) is 9.32. The summed E-state index contributed by atoms with van der Waals surface area (Å²) < 4.78 is 40.6. The molecule has 1 aromatic carbocycles. The van der Waals surface area contributed by atoms with E-state index in [9.17, 15) is 18.1 Å². The fourth-order valence-electron chi connectivity index (χ4n) is 2.57. The molecule has 20 heavy (non-hydrogen) atoms. The Morgan fingerprint density at radius 2 is 1.95 bits per heavy atom. The lowest BCUT2D eigenvalue weighted by molar-refractivity contribution is 0.338. The van der Waals surface area contributed by atoms with E-state index in [1.807, 2.05) is 0 Å². The van der Waals surface area contributed by atoms with E-state index in [0.29, 0.717) is 18.4 Å². The third-order valence-electron chi connectivity index (χ3n) is 3.69. The molecule has 1 fully saturated rings. The van der Waals surface area contributed by atoms with Crippen molar-refractivity contribution in [1.29, 1.82) is 5.26 Å². The van der Waals surface area contributed by atoms with E-state index in [-0.39, 0.29) is 4.90 Å². The summed E-state index contributed by atoms with van der Waals surface area (Å²) in [5.74, 6) is -0.606. The van der Waals surface area contributed by atoms with Crippen molar-refractivity contribution >= 4 is 10.0 Å². The average molecular weight is 296 g/mol. The largest absolute Gasteiger partial charge is 0.242 e. The number of nitrogens with one attached hydrogen (secondary N) is 1. The molecule has 1 aliphatic rings. The van der Waals surface area contributed by atoms with Crippen LogP contribution in [-0.4, -0.2) is 14.0 Å². The van der Waals surface area contributed by atoms with Gasteiger partial charge in [-0.1, -0.05) is 25.3 Å². The summed E-state index contributed by atoms with van der Waals surface area (Å²) in [7, 11) is -3.90. The van der Waals surface area contributed by atoms with Crippen LogP contribution in [-0.2, 0) is 10.0 Å². The maximum absolute atomic E-state index is 13.3. The highest BCUT2D eigenvalue weighted by Crippen LogP contribution is 2.30. The first-order chi connectivity index (χ1) is 9.38. The van der Waals surface area contributed by atoms with Gasteiger partial charge < -0.3 is 0 Å². The highest BCUT2D eigenvalue weighted by atomic mass is 32.2. The van der Waals surface area contributed by atoms with Gasteiger partial charge in [-0.15, -0.1) is 0 Å². The number of aryl methyl sites for hydroxylation is 1. The van der Waals surface area contributed by atoms with Gasteiger partial charge in [-0.05, 0) is 37.5 Å². The van der Waals surface area contributed by atoms with Crippen LogP contribution < -0.4 is 4.72 Å². The molecular weight excluding hydrogens is 279 g/mol. The molecular formula is C14H17FN2O2S. The van der Waals surface area contributed by atoms with E-state index in [1.54, 1.807) is 6.92 Å². The average Bonchev–Trinajstić information content (AvgIpc) is 2.42. The zero-order valence-electron chi connectivity index (χ0n) is 11.3. The molecule has 0 aliphatic heterocycles. The maximum atomic E-state index is 13.3.